The Balaban J connectivity index is 1.80. The predicted octanol–water partition coefficient (Wildman–Crippen LogP) is 3.91. The minimum atomic E-state index is -0.275. The fourth-order valence-corrected chi connectivity index (χ4v) is 3.27. The predicted molar refractivity (Wildman–Crippen MR) is 102 cm³/mol. The molecule has 7 heteroatoms. The first-order valence-corrected chi connectivity index (χ1v) is 8.77. The Morgan fingerprint density at radius 1 is 1.30 bits per heavy atom. The molecule has 0 radical (unpaired) electrons. The molecular formula is C20H20FN5O. The van der Waals surface area contributed by atoms with Crippen molar-refractivity contribution in [2.24, 2.45) is 7.05 Å². The van der Waals surface area contributed by atoms with Gasteiger partial charge in [-0.3, -0.25) is 4.68 Å². The molecule has 138 valence electrons. The van der Waals surface area contributed by atoms with E-state index in [4.69, 9.17) is 4.74 Å². The molecule has 0 fully saturated rings. The molecule has 0 saturated heterocycles. The number of hydrogen-bond acceptors (Lipinski definition) is 4. The number of hydrogen-bond donors (Lipinski definition) is 0. The average molecular weight is 365 g/mol. The zero-order valence-electron chi connectivity index (χ0n) is 15.5. The van der Waals surface area contributed by atoms with Crippen LogP contribution in [0.5, 0.6) is 0 Å². The van der Waals surface area contributed by atoms with Gasteiger partial charge in [-0.15, -0.1) is 0 Å². The smallest absolute Gasteiger partial charge is 0.153 e. The molecule has 3 heterocycles. The molecule has 3 aromatic heterocycles. The molecule has 0 aliphatic carbocycles. The molecule has 27 heavy (non-hydrogen) atoms. The van der Waals surface area contributed by atoms with Crippen LogP contribution in [0.2, 0.25) is 0 Å². The summed E-state index contributed by atoms with van der Waals surface area (Å²) < 4.78 is 23.6. The molecule has 1 unspecified atom stereocenters. The maximum atomic E-state index is 14.8. The van der Waals surface area contributed by atoms with Crippen molar-refractivity contribution in [1.82, 2.24) is 24.4 Å². The van der Waals surface area contributed by atoms with Crippen LogP contribution in [0, 0.1) is 5.82 Å². The number of nitrogens with zero attached hydrogens (tertiary/aromatic N) is 5. The topological polar surface area (TPSA) is 57.2 Å². The number of benzene rings is 1. The van der Waals surface area contributed by atoms with E-state index in [0.717, 1.165) is 16.6 Å². The SMILES string of the molecule is C=C(OCC)c1ccc2ncc(C(C)c3cc4cnn(C)c4cc3F)n2n1. The lowest BCUT2D eigenvalue weighted by molar-refractivity contribution is 0.297. The molecule has 0 N–H and O–H groups in total. The van der Waals surface area contributed by atoms with E-state index >= 15 is 0 Å². The standard InChI is InChI=1S/C20H20FN5O/c1-5-27-13(3)17-6-7-20-22-11-19(26(20)24-17)12(2)15-8-14-10-23-25(4)18(14)9-16(15)21/h6-12H,3,5H2,1-2,4H3. The van der Waals surface area contributed by atoms with Crippen LogP contribution in [0.3, 0.4) is 0 Å². The van der Waals surface area contributed by atoms with Crippen molar-refractivity contribution in [2.75, 3.05) is 6.61 Å². The van der Waals surface area contributed by atoms with Crippen LogP contribution in [0.1, 0.15) is 36.7 Å². The van der Waals surface area contributed by atoms with Crippen molar-refractivity contribution in [3.63, 3.8) is 0 Å². The lowest BCUT2D eigenvalue weighted by Gasteiger charge is -2.14. The van der Waals surface area contributed by atoms with Gasteiger partial charge >= 0.3 is 0 Å². The van der Waals surface area contributed by atoms with Crippen molar-refractivity contribution >= 4 is 22.3 Å². The zero-order chi connectivity index (χ0) is 19.1. The van der Waals surface area contributed by atoms with Crippen molar-refractivity contribution in [3.05, 3.63) is 66.0 Å². The highest BCUT2D eigenvalue weighted by Gasteiger charge is 2.20. The Morgan fingerprint density at radius 3 is 2.89 bits per heavy atom. The highest BCUT2D eigenvalue weighted by molar-refractivity contribution is 5.79. The Labute approximate surface area is 155 Å². The second-order valence-electron chi connectivity index (χ2n) is 6.45. The van der Waals surface area contributed by atoms with Crippen LogP contribution in [-0.2, 0) is 11.8 Å². The van der Waals surface area contributed by atoms with Gasteiger partial charge in [0.15, 0.2) is 5.65 Å². The highest BCUT2D eigenvalue weighted by Crippen LogP contribution is 2.30. The number of fused-ring (bicyclic) bond motifs is 2. The van der Waals surface area contributed by atoms with Crippen molar-refractivity contribution in [2.45, 2.75) is 19.8 Å². The van der Waals surface area contributed by atoms with Crippen LogP contribution in [0.25, 0.3) is 22.3 Å². The van der Waals surface area contributed by atoms with Gasteiger partial charge < -0.3 is 4.74 Å². The molecule has 0 bridgehead atoms. The minimum absolute atomic E-state index is 0.243. The summed E-state index contributed by atoms with van der Waals surface area (Å²) in [5, 5.41) is 9.68. The number of aryl methyl sites for hydroxylation is 1. The molecule has 1 aromatic carbocycles. The van der Waals surface area contributed by atoms with E-state index in [2.05, 4.69) is 21.8 Å². The van der Waals surface area contributed by atoms with Gasteiger partial charge in [0.2, 0.25) is 0 Å². The largest absolute Gasteiger partial charge is 0.492 e. The molecular weight excluding hydrogens is 345 g/mol. The van der Waals surface area contributed by atoms with E-state index < -0.39 is 0 Å². The van der Waals surface area contributed by atoms with E-state index in [-0.39, 0.29) is 11.7 Å². The Morgan fingerprint density at radius 2 is 2.11 bits per heavy atom. The minimum Gasteiger partial charge on any atom is -0.492 e. The summed E-state index contributed by atoms with van der Waals surface area (Å²) in [6, 6.07) is 7.03. The molecule has 6 nitrogen and oxygen atoms in total. The number of rotatable bonds is 5. The van der Waals surface area contributed by atoms with E-state index in [1.165, 1.54) is 6.07 Å². The van der Waals surface area contributed by atoms with E-state index in [1.54, 1.807) is 28.6 Å². The summed E-state index contributed by atoms with van der Waals surface area (Å²) in [6.45, 7) is 8.25. The lowest BCUT2D eigenvalue weighted by atomic mass is 9.96. The second kappa shape index (κ2) is 6.50. The first-order chi connectivity index (χ1) is 13.0. The van der Waals surface area contributed by atoms with Gasteiger partial charge in [-0.25, -0.2) is 13.9 Å². The van der Waals surface area contributed by atoms with E-state index in [1.807, 2.05) is 32.0 Å². The van der Waals surface area contributed by atoms with Gasteiger partial charge in [-0.05, 0) is 30.7 Å². The van der Waals surface area contributed by atoms with Crippen LogP contribution >= 0.6 is 0 Å². The van der Waals surface area contributed by atoms with Crippen LogP contribution in [0.4, 0.5) is 4.39 Å². The summed E-state index contributed by atoms with van der Waals surface area (Å²) in [5.41, 5.74) is 3.44. The third kappa shape index (κ3) is 2.85. The summed E-state index contributed by atoms with van der Waals surface area (Å²) in [5.74, 6) is -0.0224. The van der Waals surface area contributed by atoms with Gasteiger partial charge in [0.05, 0.1) is 30.2 Å². The molecule has 0 saturated carbocycles. The Hall–Kier alpha value is -3.22. The summed E-state index contributed by atoms with van der Waals surface area (Å²) in [6.07, 6.45) is 3.47. The molecule has 4 aromatic rings. The lowest BCUT2D eigenvalue weighted by Crippen LogP contribution is -2.07. The van der Waals surface area contributed by atoms with Gasteiger partial charge in [0.1, 0.15) is 17.3 Å². The number of halogens is 1. The van der Waals surface area contributed by atoms with Crippen molar-refractivity contribution < 1.29 is 9.13 Å². The van der Waals surface area contributed by atoms with Gasteiger partial charge in [0, 0.05) is 24.4 Å². The third-order valence-electron chi connectivity index (χ3n) is 4.77. The Kier molecular flexibility index (Phi) is 4.14. The molecule has 4 rings (SSSR count). The summed E-state index contributed by atoms with van der Waals surface area (Å²) in [7, 11) is 1.80. The third-order valence-corrected chi connectivity index (χ3v) is 4.77. The number of imidazole rings is 1. The first kappa shape index (κ1) is 17.2. The van der Waals surface area contributed by atoms with Crippen molar-refractivity contribution in [3.8, 4) is 0 Å². The average Bonchev–Trinajstić information content (AvgIpc) is 3.24. The van der Waals surface area contributed by atoms with Crippen LogP contribution in [0.15, 0.2) is 43.2 Å². The molecule has 0 amide bonds. The molecule has 0 aliphatic rings. The summed E-state index contributed by atoms with van der Waals surface area (Å²) >= 11 is 0. The van der Waals surface area contributed by atoms with Crippen molar-refractivity contribution in [1.29, 1.82) is 0 Å². The van der Waals surface area contributed by atoms with E-state index in [0.29, 0.717) is 29.3 Å². The fourth-order valence-electron chi connectivity index (χ4n) is 3.27. The normalized spacial score (nSPS) is 12.6. The quantitative estimate of drug-likeness (QED) is 0.503. The number of aromatic nitrogens is 5. The maximum Gasteiger partial charge on any atom is 0.153 e. The monoisotopic (exact) mass is 365 g/mol. The van der Waals surface area contributed by atoms with E-state index in [9.17, 15) is 4.39 Å². The fraction of sp³-hybridized carbons (Fsp3) is 0.250. The molecule has 1 atom stereocenters. The number of ether oxygens (including phenoxy) is 1. The van der Waals surface area contributed by atoms with Crippen LogP contribution < -0.4 is 0 Å². The molecule has 0 aliphatic heterocycles. The second-order valence-corrected chi connectivity index (χ2v) is 6.45. The van der Waals surface area contributed by atoms with Gasteiger partial charge in [0.25, 0.3) is 0 Å². The zero-order valence-corrected chi connectivity index (χ0v) is 15.5. The van der Waals surface area contributed by atoms with Gasteiger partial charge in [-0.1, -0.05) is 13.5 Å². The maximum absolute atomic E-state index is 14.8. The van der Waals surface area contributed by atoms with Crippen LogP contribution in [-0.4, -0.2) is 31.0 Å². The summed E-state index contributed by atoms with van der Waals surface area (Å²) in [4.78, 5) is 4.40. The van der Waals surface area contributed by atoms with Gasteiger partial charge in [-0.2, -0.15) is 10.2 Å². The molecule has 0 spiro atoms. The first-order valence-electron chi connectivity index (χ1n) is 8.77. The highest BCUT2D eigenvalue weighted by atomic mass is 19.1. The Bertz CT molecular complexity index is 1160.